The summed E-state index contributed by atoms with van der Waals surface area (Å²) in [5.41, 5.74) is 1.11. The van der Waals surface area contributed by atoms with E-state index in [4.69, 9.17) is 14.2 Å². The number of nitrogens with zero attached hydrogens (tertiary/aromatic N) is 1. The zero-order valence-corrected chi connectivity index (χ0v) is 13.6. The van der Waals surface area contributed by atoms with E-state index in [0.717, 1.165) is 31.4 Å². The van der Waals surface area contributed by atoms with Crippen LogP contribution in [0.1, 0.15) is 31.7 Å². The lowest BCUT2D eigenvalue weighted by Gasteiger charge is -2.34. The molecular formula is C17H25NO4. The first-order chi connectivity index (χ1) is 10.7. The molecule has 0 aromatic heterocycles. The van der Waals surface area contributed by atoms with Gasteiger partial charge in [-0.2, -0.15) is 0 Å². The molecule has 0 radical (unpaired) electrons. The summed E-state index contributed by atoms with van der Waals surface area (Å²) < 4.78 is 15.8. The molecule has 122 valence electrons. The highest BCUT2D eigenvalue weighted by Gasteiger charge is 2.29. The Bertz CT molecular complexity index is 503. The lowest BCUT2D eigenvalue weighted by atomic mass is 10.0. The van der Waals surface area contributed by atoms with Crippen molar-refractivity contribution in [1.29, 1.82) is 0 Å². The van der Waals surface area contributed by atoms with Gasteiger partial charge in [-0.15, -0.1) is 0 Å². The molecule has 1 atom stereocenters. The van der Waals surface area contributed by atoms with Crippen LogP contribution in [0.3, 0.4) is 0 Å². The molecule has 0 spiro atoms. The maximum Gasteiger partial charge on any atom is 0.323 e. The summed E-state index contributed by atoms with van der Waals surface area (Å²) in [4.78, 5) is 14.3. The molecule has 1 aromatic rings. The molecule has 2 rings (SSSR count). The summed E-state index contributed by atoms with van der Waals surface area (Å²) in [6.07, 6.45) is 3.06. The van der Waals surface area contributed by atoms with Crippen LogP contribution in [0.5, 0.6) is 11.5 Å². The highest BCUT2D eigenvalue weighted by atomic mass is 16.5. The topological polar surface area (TPSA) is 48.0 Å². The predicted molar refractivity (Wildman–Crippen MR) is 84.2 cm³/mol. The molecule has 0 aliphatic carbocycles. The van der Waals surface area contributed by atoms with Gasteiger partial charge < -0.3 is 14.2 Å². The minimum absolute atomic E-state index is 0.109. The van der Waals surface area contributed by atoms with Crippen LogP contribution in [0.15, 0.2) is 18.2 Å². The maximum atomic E-state index is 12.1. The van der Waals surface area contributed by atoms with Crippen LogP contribution >= 0.6 is 0 Å². The van der Waals surface area contributed by atoms with Crippen molar-refractivity contribution in [3.05, 3.63) is 23.8 Å². The zero-order valence-electron chi connectivity index (χ0n) is 13.6. The minimum atomic E-state index is -0.137. The Hall–Kier alpha value is -1.75. The van der Waals surface area contributed by atoms with Gasteiger partial charge in [-0.05, 0) is 44.0 Å². The number of carbonyl (C=O) groups excluding carboxylic acids is 1. The van der Waals surface area contributed by atoms with Gasteiger partial charge in [0, 0.05) is 6.54 Å². The number of benzene rings is 1. The fraction of sp³-hybridized carbons (Fsp3) is 0.588. The van der Waals surface area contributed by atoms with Crippen molar-refractivity contribution in [1.82, 2.24) is 4.90 Å². The van der Waals surface area contributed by atoms with Gasteiger partial charge in [0.2, 0.25) is 0 Å². The Kier molecular flexibility index (Phi) is 6.07. The minimum Gasteiger partial charge on any atom is -0.493 e. The van der Waals surface area contributed by atoms with Gasteiger partial charge in [-0.25, -0.2) is 0 Å². The van der Waals surface area contributed by atoms with Crippen LogP contribution < -0.4 is 9.47 Å². The van der Waals surface area contributed by atoms with E-state index in [-0.39, 0.29) is 12.0 Å². The monoisotopic (exact) mass is 307 g/mol. The van der Waals surface area contributed by atoms with Crippen LogP contribution in [-0.2, 0) is 16.1 Å². The smallest absolute Gasteiger partial charge is 0.323 e. The van der Waals surface area contributed by atoms with E-state index in [2.05, 4.69) is 4.90 Å². The fourth-order valence-electron chi connectivity index (χ4n) is 2.90. The number of hydrogen-bond acceptors (Lipinski definition) is 5. The Morgan fingerprint density at radius 1 is 1.23 bits per heavy atom. The summed E-state index contributed by atoms with van der Waals surface area (Å²) >= 11 is 0. The van der Waals surface area contributed by atoms with E-state index in [1.165, 1.54) is 0 Å². The molecule has 1 aliphatic heterocycles. The van der Waals surface area contributed by atoms with E-state index in [0.29, 0.717) is 24.7 Å². The largest absolute Gasteiger partial charge is 0.493 e. The molecule has 5 nitrogen and oxygen atoms in total. The Morgan fingerprint density at radius 2 is 2.00 bits per heavy atom. The van der Waals surface area contributed by atoms with E-state index < -0.39 is 0 Å². The zero-order chi connectivity index (χ0) is 15.9. The van der Waals surface area contributed by atoms with Gasteiger partial charge in [0.15, 0.2) is 11.5 Å². The van der Waals surface area contributed by atoms with Crippen molar-refractivity contribution < 1.29 is 19.0 Å². The predicted octanol–water partition coefficient (Wildman–Crippen LogP) is 2.62. The standard InChI is InChI=1S/C17H25NO4/c1-4-22-17(19)14-7-5-6-10-18(14)12-13-8-9-15(20-2)16(11-13)21-3/h8-9,11,14H,4-7,10,12H2,1-3H3/t14-/m1/s1. The molecule has 0 saturated carbocycles. The van der Waals surface area contributed by atoms with Crippen molar-refractivity contribution in [3.63, 3.8) is 0 Å². The summed E-state index contributed by atoms with van der Waals surface area (Å²) in [6.45, 7) is 3.90. The van der Waals surface area contributed by atoms with Crippen LogP contribution in [0.2, 0.25) is 0 Å². The number of rotatable bonds is 6. The molecular weight excluding hydrogens is 282 g/mol. The maximum absolute atomic E-state index is 12.1. The quantitative estimate of drug-likeness (QED) is 0.756. The van der Waals surface area contributed by atoms with E-state index >= 15 is 0 Å². The molecule has 0 unspecified atom stereocenters. The lowest BCUT2D eigenvalue weighted by molar-refractivity contribution is -0.151. The number of ether oxygens (including phenoxy) is 3. The second-order valence-electron chi connectivity index (χ2n) is 5.42. The first-order valence-electron chi connectivity index (χ1n) is 7.81. The highest BCUT2D eigenvalue weighted by Crippen LogP contribution is 2.29. The average Bonchev–Trinajstić information content (AvgIpc) is 2.55. The van der Waals surface area contributed by atoms with Crippen LogP contribution in [-0.4, -0.2) is 44.3 Å². The molecule has 0 bridgehead atoms. The Labute approximate surface area is 132 Å². The number of hydrogen-bond donors (Lipinski definition) is 0. The third kappa shape index (κ3) is 3.91. The van der Waals surface area contributed by atoms with Gasteiger partial charge in [0.1, 0.15) is 6.04 Å². The Balaban J connectivity index is 2.11. The summed E-state index contributed by atoms with van der Waals surface area (Å²) in [5, 5.41) is 0. The van der Waals surface area contributed by atoms with Gasteiger partial charge in [0.25, 0.3) is 0 Å². The number of likely N-dealkylation sites (tertiary alicyclic amines) is 1. The molecule has 1 aliphatic rings. The third-order valence-corrected chi connectivity index (χ3v) is 4.01. The average molecular weight is 307 g/mol. The molecule has 22 heavy (non-hydrogen) atoms. The molecule has 0 N–H and O–H groups in total. The summed E-state index contributed by atoms with van der Waals surface area (Å²) in [5.74, 6) is 1.32. The van der Waals surface area contributed by atoms with Crippen molar-refractivity contribution in [2.24, 2.45) is 0 Å². The van der Waals surface area contributed by atoms with Crippen LogP contribution in [0.25, 0.3) is 0 Å². The molecule has 0 amide bonds. The molecule has 1 aromatic carbocycles. The Morgan fingerprint density at radius 3 is 2.68 bits per heavy atom. The highest BCUT2D eigenvalue weighted by molar-refractivity contribution is 5.75. The van der Waals surface area contributed by atoms with E-state index in [1.807, 2.05) is 25.1 Å². The first-order valence-corrected chi connectivity index (χ1v) is 7.81. The summed E-state index contributed by atoms with van der Waals surface area (Å²) in [7, 11) is 3.25. The lowest BCUT2D eigenvalue weighted by Crippen LogP contribution is -2.44. The van der Waals surface area contributed by atoms with Gasteiger partial charge in [-0.1, -0.05) is 12.5 Å². The van der Waals surface area contributed by atoms with Gasteiger partial charge in [0.05, 0.1) is 20.8 Å². The second kappa shape index (κ2) is 8.03. The van der Waals surface area contributed by atoms with Crippen LogP contribution in [0, 0.1) is 0 Å². The molecule has 1 saturated heterocycles. The van der Waals surface area contributed by atoms with Crippen molar-refractivity contribution >= 4 is 5.97 Å². The SMILES string of the molecule is CCOC(=O)[C@H]1CCCCN1Cc1ccc(OC)c(OC)c1. The first kappa shape index (κ1) is 16.6. The van der Waals surface area contributed by atoms with Gasteiger partial charge in [-0.3, -0.25) is 9.69 Å². The van der Waals surface area contributed by atoms with Crippen molar-refractivity contribution in [3.8, 4) is 11.5 Å². The fourth-order valence-corrected chi connectivity index (χ4v) is 2.90. The molecule has 5 heteroatoms. The molecule has 1 fully saturated rings. The second-order valence-corrected chi connectivity index (χ2v) is 5.42. The molecule has 1 heterocycles. The third-order valence-electron chi connectivity index (χ3n) is 4.01. The summed E-state index contributed by atoms with van der Waals surface area (Å²) in [6, 6.07) is 5.74. The van der Waals surface area contributed by atoms with Crippen molar-refractivity contribution in [2.75, 3.05) is 27.4 Å². The number of carbonyl (C=O) groups is 1. The number of piperidine rings is 1. The number of methoxy groups -OCH3 is 2. The van der Waals surface area contributed by atoms with E-state index in [9.17, 15) is 4.79 Å². The number of esters is 1. The van der Waals surface area contributed by atoms with Gasteiger partial charge >= 0.3 is 5.97 Å². The van der Waals surface area contributed by atoms with Crippen LogP contribution in [0.4, 0.5) is 0 Å². The normalized spacial score (nSPS) is 18.8. The van der Waals surface area contributed by atoms with Crippen molar-refractivity contribution in [2.45, 2.75) is 38.8 Å². The van der Waals surface area contributed by atoms with E-state index in [1.54, 1.807) is 14.2 Å².